The van der Waals surface area contributed by atoms with Gasteiger partial charge in [0.05, 0.1) is 6.04 Å². The summed E-state index contributed by atoms with van der Waals surface area (Å²) >= 11 is 0. The molecule has 0 bridgehead atoms. The monoisotopic (exact) mass is 329 g/mol. The highest BCUT2D eigenvalue weighted by Gasteiger charge is 2.30. The van der Waals surface area contributed by atoms with E-state index in [1.165, 1.54) is 24.8 Å². The largest absolute Gasteiger partial charge is 0.352 e. The Morgan fingerprint density at radius 3 is 2.46 bits per heavy atom. The van der Waals surface area contributed by atoms with Gasteiger partial charge in [-0.3, -0.25) is 14.7 Å². The lowest BCUT2D eigenvalue weighted by Crippen LogP contribution is -2.51. The molecule has 1 saturated heterocycles. The van der Waals surface area contributed by atoms with Gasteiger partial charge >= 0.3 is 0 Å². The first-order valence-corrected chi connectivity index (χ1v) is 9.72. The van der Waals surface area contributed by atoms with Crippen LogP contribution in [0.3, 0.4) is 0 Å². The molecule has 2 heterocycles. The molecule has 1 aromatic rings. The van der Waals surface area contributed by atoms with Gasteiger partial charge in [-0.25, -0.2) is 0 Å². The lowest BCUT2D eigenvalue weighted by Gasteiger charge is -2.37. The molecule has 1 aliphatic heterocycles. The van der Waals surface area contributed by atoms with Crippen LogP contribution in [0.2, 0.25) is 0 Å². The Labute approximate surface area is 146 Å². The van der Waals surface area contributed by atoms with E-state index in [2.05, 4.69) is 34.3 Å². The van der Waals surface area contributed by atoms with Crippen LogP contribution in [0.4, 0.5) is 0 Å². The zero-order valence-electron chi connectivity index (χ0n) is 14.9. The summed E-state index contributed by atoms with van der Waals surface area (Å²) in [5.41, 5.74) is 1.39. The number of likely N-dealkylation sites (tertiary alicyclic amines) is 1. The highest BCUT2D eigenvalue weighted by molar-refractivity contribution is 5.82. The van der Waals surface area contributed by atoms with Crippen LogP contribution in [-0.4, -0.2) is 41.0 Å². The first-order valence-electron chi connectivity index (χ1n) is 9.72. The fourth-order valence-corrected chi connectivity index (χ4v) is 4.33. The quantitative estimate of drug-likeness (QED) is 0.899. The van der Waals surface area contributed by atoms with Crippen molar-refractivity contribution < 1.29 is 4.79 Å². The van der Waals surface area contributed by atoms with Crippen LogP contribution in [0.15, 0.2) is 24.5 Å². The molecule has 1 N–H and O–H groups in total. The van der Waals surface area contributed by atoms with Gasteiger partial charge in [-0.1, -0.05) is 26.2 Å². The molecule has 4 nitrogen and oxygen atoms in total. The van der Waals surface area contributed by atoms with Crippen molar-refractivity contribution in [3.63, 3.8) is 0 Å². The maximum atomic E-state index is 12.7. The number of rotatable bonds is 5. The molecule has 132 valence electrons. The van der Waals surface area contributed by atoms with Crippen LogP contribution in [-0.2, 0) is 4.79 Å². The molecule has 24 heavy (non-hydrogen) atoms. The van der Waals surface area contributed by atoms with Crippen molar-refractivity contribution in [1.29, 1.82) is 0 Å². The molecule has 0 spiro atoms. The molecule has 2 fully saturated rings. The van der Waals surface area contributed by atoms with Crippen LogP contribution in [0.1, 0.15) is 69.8 Å². The highest BCUT2D eigenvalue weighted by atomic mass is 16.2. The third kappa shape index (κ3) is 4.35. The van der Waals surface area contributed by atoms with Crippen molar-refractivity contribution in [2.24, 2.45) is 0 Å². The molecule has 1 amide bonds. The zero-order chi connectivity index (χ0) is 16.8. The average molecular weight is 329 g/mol. The Morgan fingerprint density at radius 1 is 1.17 bits per heavy atom. The third-order valence-electron chi connectivity index (χ3n) is 5.79. The molecule has 1 atom stereocenters. The van der Waals surface area contributed by atoms with Crippen molar-refractivity contribution in [3.05, 3.63) is 30.1 Å². The normalized spacial score (nSPS) is 22.2. The van der Waals surface area contributed by atoms with Crippen molar-refractivity contribution in [2.75, 3.05) is 13.1 Å². The van der Waals surface area contributed by atoms with E-state index >= 15 is 0 Å². The number of carbonyl (C=O) groups is 1. The van der Waals surface area contributed by atoms with Gasteiger partial charge in [0.1, 0.15) is 0 Å². The maximum absolute atomic E-state index is 12.7. The number of hydrogen-bond donors (Lipinski definition) is 1. The molecular weight excluding hydrogens is 298 g/mol. The van der Waals surface area contributed by atoms with E-state index in [1.54, 1.807) is 0 Å². The molecule has 0 radical (unpaired) electrons. The number of nitrogens with zero attached hydrogens (tertiary/aromatic N) is 2. The summed E-state index contributed by atoms with van der Waals surface area (Å²) in [6, 6.07) is 4.72. The third-order valence-corrected chi connectivity index (χ3v) is 5.79. The van der Waals surface area contributed by atoms with E-state index in [-0.39, 0.29) is 11.9 Å². The number of nitrogens with one attached hydrogen (secondary N) is 1. The number of carbonyl (C=O) groups excluding carboxylic acids is 1. The second kappa shape index (κ2) is 8.61. The Kier molecular flexibility index (Phi) is 6.24. The predicted molar refractivity (Wildman–Crippen MR) is 96.9 cm³/mol. The summed E-state index contributed by atoms with van der Waals surface area (Å²) in [6.45, 7) is 4.17. The summed E-state index contributed by atoms with van der Waals surface area (Å²) in [7, 11) is 0. The van der Waals surface area contributed by atoms with Gasteiger partial charge in [0.15, 0.2) is 0 Å². The molecular formula is C20H31N3O. The first-order chi connectivity index (χ1) is 11.8. The molecule has 4 heteroatoms. The van der Waals surface area contributed by atoms with Crippen LogP contribution in [0.5, 0.6) is 0 Å². The number of hydrogen-bond acceptors (Lipinski definition) is 3. The lowest BCUT2D eigenvalue weighted by molar-refractivity contribution is -0.128. The molecule has 0 unspecified atom stereocenters. The molecule has 2 aliphatic rings. The predicted octanol–water partition coefficient (Wildman–Crippen LogP) is 3.49. The van der Waals surface area contributed by atoms with Crippen molar-refractivity contribution in [3.8, 4) is 0 Å². The Morgan fingerprint density at radius 2 is 1.83 bits per heavy atom. The zero-order valence-corrected chi connectivity index (χ0v) is 14.9. The summed E-state index contributed by atoms with van der Waals surface area (Å²) in [5.74, 6) is 0.870. The molecule has 0 aromatic carbocycles. The topological polar surface area (TPSA) is 45.2 Å². The van der Waals surface area contributed by atoms with Crippen molar-refractivity contribution >= 4 is 5.91 Å². The minimum Gasteiger partial charge on any atom is -0.352 e. The lowest BCUT2D eigenvalue weighted by atomic mass is 9.89. The molecule has 1 aliphatic carbocycles. The first kappa shape index (κ1) is 17.4. The van der Waals surface area contributed by atoms with Gasteiger partial charge in [0.25, 0.3) is 0 Å². The van der Waals surface area contributed by atoms with E-state index in [0.29, 0.717) is 12.0 Å². The van der Waals surface area contributed by atoms with Crippen LogP contribution in [0.25, 0.3) is 0 Å². The second-order valence-corrected chi connectivity index (χ2v) is 7.36. The highest BCUT2D eigenvalue weighted by Crippen LogP contribution is 2.29. The number of piperidine rings is 1. The Hall–Kier alpha value is -1.42. The SMILES string of the molecule is CC[C@H](C(=O)NC1CCCCC1)N1CCC(c2ccncc2)CC1. The van der Waals surface area contributed by atoms with Gasteiger partial charge < -0.3 is 5.32 Å². The van der Waals surface area contributed by atoms with Crippen molar-refractivity contribution in [1.82, 2.24) is 15.2 Å². The van der Waals surface area contributed by atoms with E-state index in [1.807, 2.05) is 12.4 Å². The smallest absolute Gasteiger partial charge is 0.237 e. The number of pyridine rings is 1. The summed E-state index contributed by atoms with van der Waals surface area (Å²) in [5, 5.41) is 3.32. The van der Waals surface area contributed by atoms with Gasteiger partial charge in [-0.05, 0) is 68.8 Å². The maximum Gasteiger partial charge on any atom is 0.237 e. The average Bonchev–Trinajstić information content (AvgIpc) is 2.64. The standard InChI is InChI=1S/C20H31N3O/c1-2-19(20(24)22-18-6-4-3-5-7-18)23-14-10-17(11-15-23)16-8-12-21-13-9-16/h8-9,12-13,17-19H,2-7,10-11,14-15H2,1H3,(H,22,24)/t19-/m1/s1. The van der Waals surface area contributed by atoms with E-state index < -0.39 is 0 Å². The summed E-state index contributed by atoms with van der Waals surface area (Å²) in [4.78, 5) is 19.2. The Balaban J connectivity index is 1.52. The van der Waals surface area contributed by atoms with Gasteiger partial charge in [-0.15, -0.1) is 0 Å². The minimum absolute atomic E-state index is 0.0466. The summed E-state index contributed by atoms with van der Waals surface area (Å²) < 4.78 is 0. The van der Waals surface area contributed by atoms with Gasteiger partial charge in [0, 0.05) is 18.4 Å². The van der Waals surface area contributed by atoms with Crippen LogP contribution < -0.4 is 5.32 Å². The van der Waals surface area contributed by atoms with Crippen LogP contribution >= 0.6 is 0 Å². The van der Waals surface area contributed by atoms with Gasteiger partial charge in [0.2, 0.25) is 5.91 Å². The van der Waals surface area contributed by atoms with Gasteiger partial charge in [-0.2, -0.15) is 0 Å². The molecule has 1 saturated carbocycles. The number of aromatic nitrogens is 1. The molecule has 3 rings (SSSR count). The summed E-state index contributed by atoms with van der Waals surface area (Å²) in [6.07, 6.45) is 13.1. The second-order valence-electron chi connectivity index (χ2n) is 7.36. The van der Waals surface area contributed by atoms with Crippen LogP contribution in [0, 0.1) is 0 Å². The van der Waals surface area contributed by atoms with Crippen molar-refractivity contribution in [2.45, 2.75) is 76.3 Å². The minimum atomic E-state index is 0.0466. The fraction of sp³-hybridized carbons (Fsp3) is 0.700. The fourth-order valence-electron chi connectivity index (χ4n) is 4.33. The van der Waals surface area contributed by atoms with E-state index in [9.17, 15) is 4.79 Å². The number of amides is 1. The molecule has 1 aromatic heterocycles. The Bertz CT molecular complexity index is 505. The van der Waals surface area contributed by atoms with E-state index in [4.69, 9.17) is 0 Å². The van der Waals surface area contributed by atoms with E-state index in [0.717, 1.165) is 45.2 Å².